The van der Waals surface area contributed by atoms with E-state index in [2.05, 4.69) is 5.16 Å². The van der Waals surface area contributed by atoms with Crippen molar-refractivity contribution < 1.29 is 29.0 Å². The highest BCUT2D eigenvalue weighted by atomic mass is 16.6. The third-order valence-electron chi connectivity index (χ3n) is 5.74. The Balaban J connectivity index is 1.47. The Morgan fingerprint density at radius 1 is 1.09 bits per heavy atom. The number of likely N-dealkylation sites (tertiary alicyclic amines) is 2. The molecule has 0 bridgehead atoms. The van der Waals surface area contributed by atoms with Crippen LogP contribution in [0.3, 0.4) is 0 Å². The molecule has 1 unspecified atom stereocenters. The molecule has 9 nitrogen and oxygen atoms in total. The van der Waals surface area contributed by atoms with Crippen molar-refractivity contribution in [2.45, 2.75) is 70.8 Å². The molecular weight excluding hydrogens is 426 g/mol. The Bertz CT molecular complexity index is 815. The number of amides is 2. The molecule has 1 N–H and O–H groups in total. The number of benzene rings is 1. The number of carbonyl (C=O) groups excluding carboxylic acids is 2. The van der Waals surface area contributed by atoms with E-state index in [0.29, 0.717) is 51.0 Å². The summed E-state index contributed by atoms with van der Waals surface area (Å²) >= 11 is 0. The van der Waals surface area contributed by atoms with Crippen LogP contribution in [0.25, 0.3) is 0 Å². The van der Waals surface area contributed by atoms with Crippen molar-refractivity contribution in [2.24, 2.45) is 5.16 Å². The summed E-state index contributed by atoms with van der Waals surface area (Å²) in [5, 5.41) is 12.9. The predicted molar refractivity (Wildman–Crippen MR) is 122 cm³/mol. The number of piperidine rings is 2. The van der Waals surface area contributed by atoms with E-state index in [1.165, 1.54) is 0 Å². The maximum Gasteiger partial charge on any atom is 0.410 e. The minimum Gasteiger partial charge on any atom is -0.445 e. The summed E-state index contributed by atoms with van der Waals surface area (Å²) in [6.07, 6.45) is 1.85. The fourth-order valence-corrected chi connectivity index (χ4v) is 4.02. The molecule has 3 rings (SSSR count). The third kappa shape index (κ3) is 7.35. The van der Waals surface area contributed by atoms with E-state index < -0.39 is 17.7 Å². The first kappa shape index (κ1) is 24.8. The maximum atomic E-state index is 12.7. The number of oxime groups is 1. The van der Waals surface area contributed by atoms with Crippen LogP contribution >= 0.6 is 0 Å². The van der Waals surface area contributed by atoms with E-state index in [4.69, 9.17) is 14.2 Å². The fraction of sp³-hybridized carbons (Fsp3) is 0.625. The minimum absolute atomic E-state index is 0.0504. The van der Waals surface area contributed by atoms with Gasteiger partial charge in [0.2, 0.25) is 0 Å². The van der Waals surface area contributed by atoms with Gasteiger partial charge in [-0.1, -0.05) is 35.5 Å². The zero-order valence-electron chi connectivity index (χ0n) is 19.7. The molecule has 1 aromatic rings. The Kier molecular flexibility index (Phi) is 8.55. The SMILES string of the molecule is CC(C)(C)OC(=O)N1CCCC(=NO)C1COC1CCN(C(=O)OCc2ccccc2)CC1. The zero-order valence-corrected chi connectivity index (χ0v) is 19.7. The van der Waals surface area contributed by atoms with E-state index in [0.717, 1.165) is 5.56 Å². The van der Waals surface area contributed by atoms with Crippen molar-refractivity contribution in [1.82, 2.24) is 9.80 Å². The lowest BCUT2D eigenvalue weighted by atomic mass is 10.0. The van der Waals surface area contributed by atoms with Crippen molar-refractivity contribution >= 4 is 17.9 Å². The van der Waals surface area contributed by atoms with E-state index in [1.54, 1.807) is 9.80 Å². The molecule has 0 radical (unpaired) electrons. The van der Waals surface area contributed by atoms with Gasteiger partial charge in [0.1, 0.15) is 18.2 Å². The number of carbonyl (C=O) groups is 2. The topological polar surface area (TPSA) is 101 Å². The lowest BCUT2D eigenvalue weighted by Gasteiger charge is -2.38. The Morgan fingerprint density at radius 3 is 2.42 bits per heavy atom. The van der Waals surface area contributed by atoms with Crippen LogP contribution in [-0.2, 0) is 20.8 Å². The Labute approximate surface area is 195 Å². The highest BCUT2D eigenvalue weighted by Gasteiger charge is 2.36. The van der Waals surface area contributed by atoms with Gasteiger partial charge >= 0.3 is 12.2 Å². The average molecular weight is 462 g/mol. The first-order valence-corrected chi connectivity index (χ1v) is 11.5. The van der Waals surface area contributed by atoms with Gasteiger partial charge in [0.15, 0.2) is 0 Å². The van der Waals surface area contributed by atoms with Crippen molar-refractivity contribution in [3.05, 3.63) is 35.9 Å². The average Bonchev–Trinajstić information content (AvgIpc) is 2.80. The summed E-state index contributed by atoms with van der Waals surface area (Å²) in [6.45, 7) is 7.54. The highest BCUT2D eigenvalue weighted by molar-refractivity contribution is 5.92. The second-order valence-electron chi connectivity index (χ2n) is 9.44. The summed E-state index contributed by atoms with van der Waals surface area (Å²) in [6, 6.07) is 9.12. The highest BCUT2D eigenvalue weighted by Crippen LogP contribution is 2.22. The fourth-order valence-electron chi connectivity index (χ4n) is 4.02. The lowest BCUT2D eigenvalue weighted by Crippen LogP contribution is -2.53. The molecule has 1 atom stereocenters. The zero-order chi connectivity index (χ0) is 23.8. The second-order valence-corrected chi connectivity index (χ2v) is 9.44. The number of nitrogens with zero attached hydrogens (tertiary/aromatic N) is 3. The maximum absolute atomic E-state index is 12.7. The molecule has 0 spiro atoms. The monoisotopic (exact) mass is 461 g/mol. The van der Waals surface area contributed by atoms with Gasteiger partial charge in [-0.2, -0.15) is 0 Å². The molecule has 0 aliphatic carbocycles. The van der Waals surface area contributed by atoms with E-state index in [1.807, 2.05) is 51.1 Å². The molecular formula is C24H35N3O6. The molecule has 33 heavy (non-hydrogen) atoms. The summed E-state index contributed by atoms with van der Waals surface area (Å²) in [5.41, 5.74) is 0.861. The number of hydrogen-bond acceptors (Lipinski definition) is 7. The van der Waals surface area contributed by atoms with Gasteiger partial charge in [-0.25, -0.2) is 9.59 Å². The quantitative estimate of drug-likeness (QED) is 0.525. The first-order valence-electron chi connectivity index (χ1n) is 11.5. The molecule has 2 aliphatic heterocycles. The minimum atomic E-state index is -0.613. The van der Waals surface area contributed by atoms with Crippen LogP contribution in [-0.4, -0.2) is 76.9 Å². The van der Waals surface area contributed by atoms with Gasteiger partial charge in [-0.3, -0.25) is 4.90 Å². The van der Waals surface area contributed by atoms with Crippen molar-refractivity contribution in [3.63, 3.8) is 0 Å². The largest absolute Gasteiger partial charge is 0.445 e. The summed E-state index contributed by atoms with van der Waals surface area (Å²) in [7, 11) is 0. The first-order chi connectivity index (χ1) is 15.8. The molecule has 2 saturated heterocycles. The van der Waals surface area contributed by atoms with Gasteiger partial charge in [0.05, 0.1) is 18.4 Å². The van der Waals surface area contributed by atoms with Crippen LogP contribution < -0.4 is 0 Å². The van der Waals surface area contributed by atoms with E-state index in [9.17, 15) is 14.8 Å². The van der Waals surface area contributed by atoms with Crippen molar-refractivity contribution in [1.29, 1.82) is 0 Å². The molecule has 2 heterocycles. The normalized spacial score (nSPS) is 21.2. The third-order valence-corrected chi connectivity index (χ3v) is 5.74. The van der Waals surface area contributed by atoms with Crippen LogP contribution in [0.2, 0.25) is 0 Å². The summed E-state index contributed by atoms with van der Waals surface area (Å²) < 4.78 is 17.0. The van der Waals surface area contributed by atoms with Gasteiger partial charge in [0.25, 0.3) is 0 Å². The molecule has 1 aromatic carbocycles. The van der Waals surface area contributed by atoms with Gasteiger partial charge in [0, 0.05) is 19.6 Å². The van der Waals surface area contributed by atoms with Crippen LogP contribution in [0.4, 0.5) is 9.59 Å². The van der Waals surface area contributed by atoms with E-state index >= 15 is 0 Å². The molecule has 2 aliphatic rings. The molecule has 2 amide bonds. The second kappa shape index (κ2) is 11.4. The lowest BCUT2D eigenvalue weighted by molar-refractivity contribution is -0.0234. The molecule has 2 fully saturated rings. The number of ether oxygens (including phenoxy) is 3. The number of rotatable bonds is 5. The predicted octanol–water partition coefficient (Wildman–Crippen LogP) is 4.03. The molecule has 9 heteroatoms. The van der Waals surface area contributed by atoms with Crippen LogP contribution in [0.1, 0.15) is 52.0 Å². The standard InChI is InChI=1S/C24H35N3O6/c1-24(2,3)33-23(29)27-13-7-10-20(25-30)21(27)17-31-19-11-14-26(15-12-19)22(28)32-16-18-8-5-4-6-9-18/h4-6,8-9,19,21,30H,7,10-17H2,1-3H3. The Hall–Kier alpha value is -2.81. The molecule has 0 saturated carbocycles. The molecule has 182 valence electrons. The van der Waals surface area contributed by atoms with E-state index in [-0.39, 0.29) is 25.4 Å². The van der Waals surface area contributed by atoms with Gasteiger partial charge in [-0.15, -0.1) is 0 Å². The number of hydrogen-bond donors (Lipinski definition) is 1. The van der Waals surface area contributed by atoms with Crippen LogP contribution in [0.15, 0.2) is 35.5 Å². The van der Waals surface area contributed by atoms with Gasteiger partial charge < -0.3 is 24.3 Å². The molecule has 0 aromatic heterocycles. The summed E-state index contributed by atoms with van der Waals surface area (Å²) in [5.74, 6) is 0. The van der Waals surface area contributed by atoms with Crippen molar-refractivity contribution in [2.75, 3.05) is 26.2 Å². The Morgan fingerprint density at radius 2 is 1.79 bits per heavy atom. The van der Waals surface area contributed by atoms with Crippen LogP contribution in [0.5, 0.6) is 0 Å². The summed E-state index contributed by atoms with van der Waals surface area (Å²) in [4.78, 5) is 28.3. The van der Waals surface area contributed by atoms with Gasteiger partial charge in [-0.05, 0) is 52.0 Å². The van der Waals surface area contributed by atoms with Crippen molar-refractivity contribution in [3.8, 4) is 0 Å². The van der Waals surface area contributed by atoms with Crippen LogP contribution in [0, 0.1) is 0 Å². The smallest absolute Gasteiger partial charge is 0.410 e.